The van der Waals surface area contributed by atoms with Gasteiger partial charge in [-0.1, -0.05) is 6.58 Å². The zero-order valence-electron chi connectivity index (χ0n) is 10.2. The highest BCUT2D eigenvalue weighted by atomic mass is 19.1. The van der Waals surface area contributed by atoms with Crippen LogP contribution in [0.4, 0.5) is 4.39 Å². The molecule has 94 valence electrons. The van der Waals surface area contributed by atoms with Gasteiger partial charge in [-0.05, 0) is 56.8 Å². The summed E-state index contributed by atoms with van der Waals surface area (Å²) in [6.45, 7) is 5.20. The van der Waals surface area contributed by atoms with Gasteiger partial charge in [0, 0.05) is 5.57 Å². The molecule has 17 heavy (non-hydrogen) atoms. The van der Waals surface area contributed by atoms with E-state index in [1.165, 1.54) is 6.42 Å². The van der Waals surface area contributed by atoms with Crippen molar-refractivity contribution in [3.05, 3.63) is 12.2 Å². The molecule has 4 fully saturated rings. The van der Waals surface area contributed by atoms with E-state index in [0.29, 0.717) is 17.4 Å². The lowest BCUT2D eigenvalue weighted by Gasteiger charge is -2.57. The van der Waals surface area contributed by atoms with Gasteiger partial charge in [-0.15, -0.1) is 0 Å². The molecule has 0 aromatic carbocycles. The number of hydrogen-bond donors (Lipinski definition) is 0. The summed E-state index contributed by atoms with van der Waals surface area (Å²) >= 11 is 0. The number of esters is 1. The maximum atomic E-state index is 14.5. The van der Waals surface area contributed by atoms with E-state index in [4.69, 9.17) is 4.74 Å². The van der Waals surface area contributed by atoms with Gasteiger partial charge in [0.2, 0.25) is 0 Å². The third kappa shape index (κ3) is 1.62. The standard InChI is InChI=1S/C14H19FO2/c1-8(2)13(16)17-14-6-9-3-10(7-14)5-11(4-9)12(14)15/h9-12H,1,3-7H2,2H3. The maximum Gasteiger partial charge on any atom is 0.333 e. The van der Waals surface area contributed by atoms with Crippen LogP contribution in [0.15, 0.2) is 12.2 Å². The number of alkyl halides is 1. The number of halogens is 1. The Labute approximate surface area is 101 Å². The molecule has 0 aliphatic heterocycles. The van der Waals surface area contributed by atoms with E-state index in [0.717, 1.165) is 25.7 Å². The lowest BCUT2D eigenvalue weighted by atomic mass is 9.53. The first-order chi connectivity index (χ1) is 8.00. The number of rotatable bonds is 2. The average Bonchev–Trinajstić information content (AvgIpc) is 2.24. The molecule has 4 aliphatic rings. The summed E-state index contributed by atoms with van der Waals surface area (Å²) < 4.78 is 20.0. The highest BCUT2D eigenvalue weighted by Gasteiger charge is 2.60. The maximum absolute atomic E-state index is 14.5. The molecule has 0 radical (unpaired) electrons. The molecule has 0 aromatic heterocycles. The Morgan fingerprint density at radius 2 is 1.88 bits per heavy atom. The molecule has 0 saturated heterocycles. The summed E-state index contributed by atoms with van der Waals surface area (Å²) in [5.74, 6) is 0.837. The SMILES string of the molecule is C=C(C)C(=O)OC12CC3CC(CC(C3)C1F)C2. The average molecular weight is 238 g/mol. The second-order valence-electron chi connectivity index (χ2n) is 6.24. The Morgan fingerprint density at radius 3 is 2.41 bits per heavy atom. The van der Waals surface area contributed by atoms with E-state index in [1.807, 2.05) is 0 Å². The Bertz CT molecular complexity index is 362. The minimum atomic E-state index is -0.960. The molecule has 0 N–H and O–H groups in total. The van der Waals surface area contributed by atoms with E-state index in [2.05, 4.69) is 6.58 Å². The summed E-state index contributed by atoms with van der Waals surface area (Å²) in [6, 6.07) is 0. The molecule has 4 saturated carbocycles. The minimum Gasteiger partial charge on any atom is -0.453 e. The molecular formula is C14H19FO2. The van der Waals surface area contributed by atoms with Gasteiger partial charge >= 0.3 is 5.97 Å². The van der Waals surface area contributed by atoms with Gasteiger partial charge in [0.25, 0.3) is 0 Å². The van der Waals surface area contributed by atoms with Crippen LogP contribution in [0.5, 0.6) is 0 Å². The number of ether oxygens (including phenoxy) is 1. The van der Waals surface area contributed by atoms with E-state index in [-0.39, 0.29) is 5.92 Å². The van der Waals surface area contributed by atoms with Gasteiger partial charge in [0.1, 0.15) is 11.8 Å². The molecule has 4 aliphatic carbocycles. The normalized spacial score (nSPS) is 46.9. The molecule has 2 nitrogen and oxygen atoms in total. The lowest BCUT2D eigenvalue weighted by molar-refractivity contribution is -0.207. The smallest absolute Gasteiger partial charge is 0.333 e. The van der Waals surface area contributed by atoms with Crippen LogP contribution in [-0.2, 0) is 9.53 Å². The molecule has 3 heteroatoms. The third-order valence-corrected chi connectivity index (χ3v) is 4.77. The van der Waals surface area contributed by atoms with Crippen LogP contribution >= 0.6 is 0 Å². The number of hydrogen-bond acceptors (Lipinski definition) is 2. The molecule has 3 unspecified atom stereocenters. The van der Waals surface area contributed by atoms with Crippen LogP contribution in [0.1, 0.15) is 39.0 Å². The largest absolute Gasteiger partial charge is 0.453 e. The molecule has 0 heterocycles. The second kappa shape index (κ2) is 3.56. The van der Waals surface area contributed by atoms with Crippen molar-refractivity contribution >= 4 is 5.97 Å². The highest BCUT2D eigenvalue weighted by molar-refractivity contribution is 5.87. The summed E-state index contributed by atoms with van der Waals surface area (Å²) in [4.78, 5) is 11.7. The summed E-state index contributed by atoms with van der Waals surface area (Å²) in [5, 5.41) is 0. The molecule has 4 rings (SSSR count). The van der Waals surface area contributed by atoms with Crippen LogP contribution in [0.2, 0.25) is 0 Å². The van der Waals surface area contributed by atoms with E-state index < -0.39 is 17.7 Å². The fourth-order valence-corrected chi connectivity index (χ4v) is 4.32. The molecule has 0 spiro atoms. The molecule has 0 aromatic rings. The molecule has 3 atom stereocenters. The summed E-state index contributed by atoms with van der Waals surface area (Å²) in [6.07, 6.45) is 3.67. The van der Waals surface area contributed by atoms with Crippen molar-refractivity contribution < 1.29 is 13.9 Å². The Kier molecular flexibility index (Phi) is 2.36. The van der Waals surface area contributed by atoms with Gasteiger partial charge in [0.15, 0.2) is 0 Å². The zero-order valence-corrected chi connectivity index (χ0v) is 10.2. The molecule has 0 amide bonds. The number of carbonyl (C=O) groups is 1. The minimum absolute atomic E-state index is 0.124. The van der Waals surface area contributed by atoms with Crippen molar-refractivity contribution in [1.29, 1.82) is 0 Å². The predicted octanol–water partition coefficient (Wildman–Crippen LogP) is 3.02. The quantitative estimate of drug-likeness (QED) is 0.546. The van der Waals surface area contributed by atoms with Gasteiger partial charge in [-0.2, -0.15) is 0 Å². The van der Waals surface area contributed by atoms with Gasteiger partial charge in [0.05, 0.1) is 0 Å². The summed E-state index contributed by atoms with van der Waals surface area (Å²) in [7, 11) is 0. The van der Waals surface area contributed by atoms with Crippen molar-refractivity contribution in [2.75, 3.05) is 0 Å². The first kappa shape index (κ1) is 11.2. The Balaban J connectivity index is 1.85. The van der Waals surface area contributed by atoms with Crippen LogP contribution in [0, 0.1) is 17.8 Å². The first-order valence-corrected chi connectivity index (χ1v) is 6.53. The number of carbonyl (C=O) groups excluding carboxylic acids is 1. The fraction of sp³-hybridized carbons (Fsp3) is 0.786. The van der Waals surface area contributed by atoms with Crippen LogP contribution in [0.25, 0.3) is 0 Å². The summed E-state index contributed by atoms with van der Waals surface area (Å²) in [5.41, 5.74) is -0.446. The van der Waals surface area contributed by atoms with E-state index >= 15 is 0 Å². The van der Waals surface area contributed by atoms with Gasteiger partial charge < -0.3 is 4.74 Å². The van der Waals surface area contributed by atoms with E-state index in [1.54, 1.807) is 6.92 Å². The van der Waals surface area contributed by atoms with E-state index in [9.17, 15) is 9.18 Å². The third-order valence-electron chi connectivity index (χ3n) is 4.77. The van der Waals surface area contributed by atoms with Gasteiger partial charge in [-0.25, -0.2) is 9.18 Å². The van der Waals surface area contributed by atoms with Crippen LogP contribution in [-0.4, -0.2) is 17.7 Å². The Hall–Kier alpha value is -0.860. The first-order valence-electron chi connectivity index (χ1n) is 6.53. The monoisotopic (exact) mass is 238 g/mol. The van der Waals surface area contributed by atoms with Crippen LogP contribution in [0.3, 0.4) is 0 Å². The van der Waals surface area contributed by atoms with Gasteiger partial charge in [-0.3, -0.25) is 0 Å². The second-order valence-corrected chi connectivity index (χ2v) is 6.24. The topological polar surface area (TPSA) is 26.3 Å². The van der Waals surface area contributed by atoms with Crippen LogP contribution < -0.4 is 0 Å². The fourth-order valence-electron chi connectivity index (χ4n) is 4.32. The zero-order chi connectivity index (χ0) is 12.2. The van der Waals surface area contributed by atoms with Crippen molar-refractivity contribution in [2.45, 2.75) is 50.8 Å². The Morgan fingerprint density at radius 1 is 1.29 bits per heavy atom. The van der Waals surface area contributed by atoms with Crippen molar-refractivity contribution in [1.82, 2.24) is 0 Å². The van der Waals surface area contributed by atoms with Crippen molar-refractivity contribution in [3.63, 3.8) is 0 Å². The van der Waals surface area contributed by atoms with Crippen molar-refractivity contribution in [2.24, 2.45) is 17.8 Å². The molecule has 4 bridgehead atoms. The molecular weight excluding hydrogens is 219 g/mol. The predicted molar refractivity (Wildman–Crippen MR) is 62.1 cm³/mol. The lowest BCUT2D eigenvalue weighted by Crippen LogP contribution is -2.60. The van der Waals surface area contributed by atoms with Crippen molar-refractivity contribution in [3.8, 4) is 0 Å². The highest BCUT2D eigenvalue weighted by Crippen LogP contribution is 2.58.